The average molecular weight is 331 g/mol. The summed E-state index contributed by atoms with van der Waals surface area (Å²) < 4.78 is 7.03. The van der Waals surface area contributed by atoms with E-state index in [0.717, 1.165) is 20.1 Å². The maximum Gasteiger partial charge on any atom is 0.0953 e. The van der Waals surface area contributed by atoms with Crippen LogP contribution in [0.25, 0.3) is 0 Å². The van der Waals surface area contributed by atoms with E-state index in [1.807, 2.05) is 24.3 Å². The van der Waals surface area contributed by atoms with Crippen molar-refractivity contribution in [3.8, 4) is 0 Å². The number of furan rings is 1. The maximum atomic E-state index is 6.12. The summed E-state index contributed by atoms with van der Waals surface area (Å²) in [5.41, 5.74) is 8.12. The molecule has 0 amide bonds. The molecule has 0 aliphatic heterocycles. The summed E-state index contributed by atoms with van der Waals surface area (Å²) in [7, 11) is 0. The first kappa shape index (κ1) is 10.9. The van der Waals surface area contributed by atoms with Crippen molar-refractivity contribution >= 4 is 31.9 Å². The molecule has 2 rings (SSSR count). The number of hydrogen-bond donors (Lipinski definition) is 1. The number of benzene rings is 1. The molecule has 0 saturated heterocycles. The Balaban J connectivity index is 2.41. The van der Waals surface area contributed by atoms with Gasteiger partial charge in [0.05, 0.1) is 18.6 Å². The zero-order valence-corrected chi connectivity index (χ0v) is 11.0. The Labute approximate surface area is 105 Å². The van der Waals surface area contributed by atoms with Gasteiger partial charge in [-0.2, -0.15) is 0 Å². The lowest BCUT2D eigenvalue weighted by Crippen LogP contribution is -2.11. The van der Waals surface area contributed by atoms with E-state index in [-0.39, 0.29) is 6.04 Å². The lowest BCUT2D eigenvalue weighted by molar-refractivity contribution is 0.562. The van der Waals surface area contributed by atoms with Gasteiger partial charge in [-0.05, 0) is 29.8 Å². The van der Waals surface area contributed by atoms with Crippen LogP contribution in [0.5, 0.6) is 0 Å². The SMILES string of the molecule is NC(c1ccoc1)c1cc(Br)ccc1Br. The van der Waals surface area contributed by atoms with E-state index in [2.05, 4.69) is 31.9 Å². The third-order valence-corrected chi connectivity index (χ3v) is 3.41. The summed E-state index contributed by atoms with van der Waals surface area (Å²) >= 11 is 6.91. The second kappa shape index (κ2) is 4.51. The highest BCUT2D eigenvalue weighted by molar-refractivity contribution is 9.11. The minimum Gasteiger partial charge on any atom is -0.472 e. The number of hydrogen-bond acceptors (Lipinski definition) is 2. The van der Waals surface area contributed by atoms with Gasteiger partial charge in [-0.3, -0.25) is 0 Å². The predicted octanol–water partition coefficient (Wildman–Crippen LogP) is 3.85. The molecule has 0 bridgehead atoms. The fourth-order valence-corrected chi connectivity index (χ4v) is 2.26. The van der Waals surface area contributed by atoms with Crippen LogP contribution in [0.1, 0.15) is 17.2 Å². The van der Waals surface area contributed by atoms with E-state index in [1.165, 1.54) is 0 Å². The fraction of sp³-hybridized carbons (Fsp3) is 0.0909. The van der Waals surface area contributed by atoms with E-state index in [1.54, 1.807) is 12.5 Å². The van der Waals surface area contributed by atoms with Crippen LogP contribution >= 0.6 is 31.9 Å². The Morgan fingerprint density at radius 2 is 2.00 bits per heavy atom. The number of rotatable bonds is 2. The van der Waals surface area contributed by atoms with Gasteiger partial charge in [0.1, 0.15) is 0 Å². The first-order chi connectivity index (χ1) is 7.18. The second-order valence-electron chi connectivity index (χ2n) is 3.20. The van der Waals surface area contributed by atoms with E-state index in [9.17, 15) is 0 Å². The largest absolute Gasteiger partial charge is 0.472 e. The molecule has 1 aromatic carbocycles. The topological polar surface area (TPSA) is 39.2 Å². The quantitative estimate of drug-likeness (QED) is 0.908. The summed E-state index contributed by atoms with van der Waals surface area (Å²) in [5.74, 6) is 0. The van der Waals surface area contributed by atoms with Crippen molar-refractivity contribution in [1.29, 1.82) is 0 Å². The van der Waals surface area contributed by atoms with Gasteiger partial charge < -0.3 is 10.2 Å². The molecule has 2 aromatic rings. The van der Waals surface area contributed by atoms with Crippen molar-refractivity contribution < 1.29 is 4.42 Å². The van der Waals surface area contributed by atoms with Crippen molar-refractivity contribution in [3.05, 3.63) is 56.9 Å². The molecule has 1 unspecified atom stereocenters. The summed E-state index contributed by atoms with van der Waals surface area (Å²) in [4.78, 5) is 0. The Kier molecular flexibility index (Phi) is 3.29. The van der Waals surface area contributed by atoms with Crippen LogP contribution in [0.2, 0.25) is 0 Å². The first-order valence-corrected chi connectivity index (χ1v) is 5.99. The molecule has 1 heterocycles. The van der Waals surface area contributed by atoms with Crippen LogP contribution in [-0.2, 0) is 0 Å². The Hall–Kier alpha value is -0.580. The van der Waals surface area contributed by atoms with Crippen molar-refractivity contribution in [2.45, 2.75) is 6.04 Å². The smallest absolute Gasteiger partial charge is 0.0953 e. The van der Waals surface area contributed by atoms with Crippen molar-refractivity contribution in [2.75, 3.05) is 0 Å². The Morgan fingerprint density at radius 3 is 2.67 bits per heavy atom. The predicted molar refractivity (Wildman–Crippen MR) is 66.6 cm³/mol. The third kappa shape index (κ3) is 2.33. The highest BCUT2D eigenvalue weighted by Crippen LogP contribution is 2.29. The molecule has 15 heavy (non-hydrogen) atoms. The molecule has 78 valence electrons. The number of nitrogens with two attached hydrogens (primary N) is 1. The zero-order valence-electron chi connectivity index (χ0n) is 7.78. The lowest BCUT2D eigenvalue weighted by Gasteiger charge is -2.12. The van der Waals surface area contributed by atoms with Crippen LogP contribution in [0.4, 0.5) is 0 Å². The van der Waals surface area contributed by atoms with Crippen molar-refractivity contribution in [1.82, 2.24) is 0 Å². The summed E-state index contributed by atoms with van der Waals surface area (Å²) in [6.45, 7) is 0. The molecule has 1 atom stereocenters. The molecule has 0 radical (unpaired) electrons. The van der Waals surface area contributed by atoms with E-state index < -0.39 is 0 Å². The third-order valence-electron chi connectivity index (χ3n) is 2.20. The van der Waals surface area contributed by atoms with Gasteiger partial charge in [-0.1, -0.05) is 31.9 Å². The van der Waals surface area contributed by atoms with Gasteiger partial charge in [0, 0.05) is 14.5 Å². The molecule has 0 saturated carbocycles. The highest BCUT2D eigenvalue weighted by Gasteiger charge is 2.13. The van der Waals surface area contributed by atoms with Gasteiger partial charge in [0.25, 0.3) is 0 Å². The van der Waals surface area contributed by atoms with Gasteiger partial charge in [-0.15, -0.1) is 0 Å². The maximum absolute atomic E-state index is 6.12. The molecule has 0 aliphatic carbocycles. The molecular formula is C11H9Br2NO. The molecule has 2 nitrogen and oxygen atoms in total. The zero-order chi connectivity index (χ0) is 10.8. The van der Waals surface area contributed by atoms with Crippen LogP contribution < -0.4 is 5.73 Å². The van der Waals surface area contributed by atoms with E-state index >= 15 is 0 Å². The second-order valence-corrected chi connectivity index (χ2v) is 4.97. The van der Waals surface area contributed by atoms with Gasteiger partial charge in [0.2, 0.25) is 0 Å². The molecular weight excluding hydrogens is 322 g/mol. The van der Waals surface area contributed by atoms with Gasteiger partial charge >= 0.3 is 0 Å². The molecule has 1 aromatic heterocycles. The lowest BCUT2D eigenvalue weighted by atomic mass is 10.0. The van der Waals surface area contributed by atoms with Gasteiger partial charge in [-0.25, -0.2) is 0 Å². The van der Waals surface area contributed by atoms with Crippen LogP contribution in [0, 0.1) is 0 Å². The summed E-state index contributed by atoms with van der Waals surface area (Å²) in [5, 5.41) is 0. The molecule has 0 spiro atoms. The average Bonchev–Trinajstić information content (AvgIpc) is 2.74. The van der Waals surface area contributed by atoms with Crippen LogP contribution in [0.15, 0.2) is 50.2 Å². The highest BCUT2D eigenvalue weighted by atomic mass is 79.9. The summed E-state index contributed by atoms with van der Waals surface area (Å²) in [6, 6.07) is 7.64. The Morgan fingerprint density at radius 1 is 1.20 bits per heavy atom. The van der Waals surface area contributed by atoms with Crippen LogP contribution in [-0.4, -0.2) is 0 Å². The van der Waals surface area contributed by atoms with Crippen molar-refractivity contribution in [2.24, 2.45) is 5.73 Å². The van der Waals surface area contributed by atoms with Gasteiger partial charge in [0.15, 0.2) is 0 Å². The normalized spacial score (nSPS) is 12.7. The van der Waals surface area contributed by atoms with Crippen molar-refractivity contribution in [3.63, 3.8) is 0 Å². The van der Waals surface area contributed by atoms with Crippen LogP contribution in [0.3, 0.4) is 0 Å². The number of halogens is 2. The van der Waals surface area contributed by atoms with E-state index in [4.69, 9.17) is 10.2 Å². The molecule has 0 fully saturated rings. The monoisotopic (exact) mass is 329 g/mol. The Bertz CT molecular complexity index is 454. The fourth-order valence-electron chi connectivity index (χ4n) is 1.38. The standard InChI is InChI=1S/C11H9Br2NO/c12-8-1-2-10(13)9(5-8)11(14)7-3-4-15-6-7/h1-6,11H,14H2. The summed E-state index contributed by atoms with van der Waals surface area (Å²) in [6.07, 6.45) is 3.29. The molecule has 4 heteroatoms. The molecule has 0 aliphatic rings. The first-order valence-electron chi connectivity index (χ1n) is 4.41. The molecule has 2 N–H and O–H groups in total. The van der Waals surface area contributed by atoms with E-state index in [0.29, 0.717) is 0 Å². The minimum absolute atomic E-state index is 0.171. The minimum atomic E-state index is -0.171.